The average molecular weight is 342 g/mol. The maximum absolute atomic E-state index is 10.1. The molecule has 0 amide bonds. The minimum atomic E-state index is -2.38. The SMILES string of the molecule is OCC1O[C@H](O[C@@H]2C(O)[C@H](O)CO[C@@]2(O)CO)C(O)[C@@H](O)[C@@H]1O. The number of ether oxygens (including phenoxy) is 3. The molecule has 11 nitrogen and oxygen atoms in total. The van der Waals surface area contributed by atoms with Gasteiger partial charge in [-0.15, -0.1) is 0 Å². The number of hydrogen-bond donors (Lipinski definition) is 8. The van der Waals surface area contributed by atoms with E-state index in [0.717, 1.165) is 0 Å². The van der Waals surface area contributed by atoms with Crippen molar-refractivity contribution in [3.8, 4) is 0 Å². The van der Waals surface area contributed by atoms with Gasteiger partial charge in [-0.2, -0.15) is 0 Å². The lowest BCUT2D eigenvalue weighted by Crippen LogP contribution is -2.67. The highest BCUT2D eigenvalue weighted by atomic mass is 16.7. The largest absolute Gasteiger partial charge is 0.394 e. The lowest BCUT2D eigenvalue weighted by molar-refractivity contribution is -0.387. The molecule has 23 heavy (non-hydrogen) atoms. The fourth-order valence-electron chi connectivity index (χ4n) is 2.53. The Kier molecular flexibility index (Phi) is 5.92. The Bertz CT molecular complexity index is 393. The van der Waals surface area contributed by atoms with Crippen LogP contribution >= 0.6 is 0 Å². The Morgan fingerprint density at radius 1 is 0.957 bits per heavy atom. The topological polar surface area (TPSA) is 190 Å². The Labute approximate surface area is 130 Å². The molecule has 9 atom stereocenters. The third kappa shape index (κ3) is 3.50. The third-order valence-electron chi connectivity index (χ3n) is 4.01. The van der Waals surface area contributed by atoms with Gasteiger partial charge >= 0.3 is 0 Å². The lowest BCUT2D eigenvalue weighted by Gasteiger charge is -2.47. The van der Waals surface area contributed by atoms with Crippen LogP contribution in [0.3, 0.4) is 0 Å². The van der Waals surface area contributed by atoms with Crippen molar-refractivity contribution in [2.45, 2.75) is 54.8 Å². The molecule has 3 unspecified atom stereocenters. The van der Waals surface area contributed by atoms with Gasteiger partial charge in [0.05, 0.1) is 19.8 Å². The van der Waals surface area contributed by atoms with Gasteiger partial charge < -0.3 is 55.1 Å². The highest BCUT2D eigenvalue weighted by Crippen LogP contribution is 2.30. The van der Waals surface area contributed by atoms with E-state index in [1.807, 2.05) is 0 Å². The number of aliphatic hydroxyl groups is 8. The van der Waals surface area contributed by atoms with Crippen molar-refractivity contribution >= 4 is 0 Å². The van der Waals surface area contributed by atoms with E-state index in [1.165, 1.54) is 0 Å². The summed E-state index contributed by atoms with van der Waals surface area (Å²) in [6.45, 7) is -2.15. The molecule has 2 fully saturated rings. The van der Waals surface area contributed by atoms with Crippen molar-refractivity contribution in [1.29, 1.82) is 0 Å². The van der Waals surface area contributed by atoms with Crippen LogP contribution in [0.5, 0.6) is 0 Å². The molecule has 0 spiro atoms. The van der Waals surface area contributed by atoms with Crippen molar-refractivity contribution in [1.82, 2.24) is 0 Å². The van der Waals surface area contributed by atoms with E-state index in [1.54, 1.807) is 0 Å². The van der Waals surface area contributed by atoms with E-state index < -0.39 is 74.6 Å². The Morgan fingerprint density at radius 2 is 1.61 bits per heavy atom. The first-order chi connectivity index (χ1) is 10.7. The van der Waals surface area contributed by atoms with Crippen molar-refractivity contribution in [3.63, 3.8) is 0 Å². The van der Waals surface area contributed by atoms with Gasteiger partial charge in [0.1, 0.15) is 42.7 Å². The van der Waals surface area contributed by atoms with Gasteiger partial charge in [0.25, 0.3) is 0 Å². The second-order valence-electron chi connectivity index (χ2n) is 5.63. The summed E-state index contributed by atoms with van der Waals surface area (Å²) in [5, 5.41) is 77.2. The van der Waals surface area contributed by atoms with Crippen LogP contribution in [0.25, 0.3) is 0 Å². The molecule has 2 rings (SSSR count). The van der Waals surface area contributed by atoms with E-state index in [4.69, 9.17) is 19.3 Å². The van der Waals surface area contributed by atoms with Crippen LogP contribution in [0, 0.1) is 0 Å². The van der Waals surface area contributed by atoms with Gasteiger partial charge in [-0.3, -0.25) is 0 Å². The van der Waals surface area contributed by atoms with Crippen LogP contribution in [0.2, 0.25) is 0 Å². The zero-order valence-corrected chi connectivity index (χ0v) is 12.0. The molecule has 2 aliphatic heterocycles. The second kappa shape index (κ2) is 7.21. The summed E-state index contributed by atoms with van der Waals surface area (Å²) in [5.74, 6) is -2.38. The van der Waals surface area contributed by atoms with Crippen LogP contribution < -0.4 is 0 Å². The number of rotatable bonds is 4. The fraction of sp³-hybridized carbons (Fsp3) is 1.00. The van der Waals surface area contributed by atoms with Crippen molar-refractivity contribution in [2.24, 2.45) is 0 Å². The molecule has 2 aliphatic rings. The fourth-order valence-corrected chi connectivity index (χ4v) is 2.53. The average Bonchev–Trinajstić information content (AvgIpc) is 2.55. The van der Waals surface area contributed by atoms with Gasteiger partial charge in [0, 0.05) is 0 Å². The Morgan fingerprint density at radius 3 is 2.17 bits per heavy atom. The Hall–Kier alpha value is -0.440. The summed E-state index contributed by atoms with van der Waals surface area (Å²) >= 11 is 0. The monoisotopic (exact) mass is 342 g/mol. The normalized spacial score (nSPS) is 51.7. The first-order valence-electron chi connectivity index (χ1n) is 7.04. The summed E-state index contributed by atoms with van der Waals surface area (Å²) in [4.78, 5) is 0. The van der Waals surface area contributed by atoms with Gasteiger partial charge in [-0.25, -0.2) is 0 Å². The Balaban J connectivity index is 2.17. The van der Waals surface area contributed by atoms with Crippen LogP contribution in [-0.2, 0) is 14.2 Å². The highest BCUT2D eigenvalue weighted by Gasteiger charge is 2.53. The number of aliphatic hydroxyl groups excluding tert-OH is 7. The molecule has 2 heterocycles. The third-order valence-corrected chi connectivity index (χ3v) is 4.01. The van der Waals surface area contributed by atoms with E-state index in [9.17, 15) is 35.7 Å². The zero-order valence-electron chi connectivity index (χ0n) is 12.0. The van der Waals surface area contributed by atoms with E-state index in [0.29, 0.717) is 0 Å². The smallest absolute Gasteiger partial charge is 0.219 e. The maximum atomic E-state index is 10.1. The van der Waals surface area contributed by atoms with Crippen LogP contribution in [0.4, 0.5) is 0 Å². The molecule has 0 aliphatic carbocycles. The van der Waals surface area contributed by atoms with Crippen molar-refractivity contribution in [2.75, 3.05) is 19.8 Å². The first-order valence-corrected chi connectivity index (χ1v) is 7.04. The molecule has 136 valence electrons. The lowest BCUT2D eigenvalue weighted by atomic mass is 9.96. The van der Waals surface area contributed by atoms with E-state index in [2.05, 4.69) is 0 Å². The standard InChI is InChI=1S/C12H22O11/c13-1-5-7(17)8(18)9(19)11(22-5)23-10-6(16)4(15)2-21-12(10,20)3-14/h4-11,13-20H,1-3H2/t4-,5?,6?,7-,8+,9?,10-,11-,12+/m1/s1. The molecule has 0 saturated carbocycles. The van der Waals surface area contributed by atoms with Crippen LogP contribution in [0.15, 0.2) is 0 Å². The molecule has 0 radical (unpaired) electrons. The number of hydrogen-bond acceptors (Lipinski definition) is 11. The van der Waals surface area contributed by atoms with Gasteiger partial charge in [0.15, 0.2) is 6.29 Å². The predicted octanol–water partition coefficient (Wildman–Crippen LogP) is -5.40. The maximum Gasteiger partial charge on any atom is 0.219 e. The second-order valence-corrected chi connectivity index (χ2v) is 5.63. The van der Waals surface area contributed by atoms with Crippen LogP contribution in [-0.4, -0.2) is 115 Å². The summed E-state index contributed by atoms with van der Waals surface area (Å²) in [5.41, 5.74) is 0. The van der Waals surface area contributed by atoms with E-state index in [-0.39, 0.29) is 0 Å². The molecule has 0 aromatic carbocycles. The minimum absolute atomic E-state index is 0.466. The molecule has 0 bridgehead atoms. The molecule has 8 N–H and O–H groups in total. The van der Waals surface area contributed by atoms with Crippen molar-refractivity contribution < 1.29 is 55.1 Å². The van der Waals surface area contributed by atoms with Crippen molar-refractivity contribution in [3.05, 3.63) is 0 Å². The van der Waals surface area contributed by atoms with Gasteiger partial charge in [-0.1, -0.05) is 0 Å². The van der Waals surface area contributed by atoms with Gasteiger partial charge in [-0.05, 0) is 0 Å². The zero-order chi connectivity index (χ0) is 17.4. The molecule has 11 heteroatoms. The molecular formula is C12H22O11. The molecule has 0 aromatic rings. The first kappa shape index (κ1) is 18.9. The predicted molar refractivity (Wildman–Crippen MR) is 68.6 cm³/mol. The summed E-state index contributed by atoms with van der Waals surface area (Å²) in [6.07, 6.45) is -12.9. The summed E-state index contributed by atoms with van der Waals surface area (Å²) < 4.78 is 15.1. The minimum Gasteiger partial charge on any atom is -0.394 e. The summed E-state index contributed by atoms with van der Waals surface area (Å²) in [7, 11) is 0. The summed E-state index contributed by atoms with van der Waals surface area (Å²) in [6, 6.07) is 0. The molecular weight excluding hydrogens is 320 g/mol. The highest BCUT2D eigenvalue weighted by molar-refractivity contribution is 4.95. The quantitative estimate of drug-likeness (QED) is 0.243. The van der Waals surface area contributed by atoms with Gasteiger partial charge in [0.2, 0.25) is 5.79 Å². The molecule has 2 saturated heterocycles. The molecule has 0 aromatic heterocycles. The van der Waals surface area contributed by atoms with E-state index >= 15 is 0 Å². The van der Waals surface area contributed by atoms with Crippen LogP contribution in [0.1, 0.15) is 0 Å².